The average Bonchev–Trinajstić information content (AvgIpc) is 3.65. The molecule has 0 saturated carbocycles. The zero-order valence-electron chi connectivity index (χ0n) is 20.6. The van der Waals surface area contributed by atoms with Gasteiger partial charge in [0.15, 0.2) is 11.6 Å². The number of amides is 1. The summed E-state index contributed by atoms with van der Waals surface area (Å²) in [6, 6.07) is 5.29. The van der Waals surface area contributed by atoms with Gasteiger partial charge in [-0.1, -0.05) is 11.6 Å². The van der Waals surface area contributed by atoms with Crippen LogP contribution in [0.25, 0.3) is 16.6 Å². The molecule has 10 nitrogen and oxygen atoms in total. The molecule has 1 saturated heterocycles. The van der Waals surface area contributed by atoms with Crippen molar-refractivity contribution in [1.29, 1.82) is 0 Å². The van der Waals surface area contributed by atoms with Crippen molar-refractivity contribution in [2.45, 2.75) is 12.5 Å². The zero-order chi connectivity index (χ0) is 26.0. The fraction of sp³-hybridized carbons (Fsp3) is 0.308. The third-order valence-electron chi connectivity index (χ3n) is 7.45. The van der Waals surface area contributed by atoms with Crippen molar-refractivity contribution in [3.05, 3.63) is 76.7 Å². The average molecular weight is 535 g/mol. The van der Waals surface area contributed by atoms with Crippen LogP contribution < -0.4 is 4.90 Å². The summed E-state index contributed by atoms with van der Waals surface area (Å²) < 4.78 is 21.5. The van der Waals surface area contributed by atoms with Gasteiger partial charge in [-0.2, -0.15) is 5.10 Å². The Kier molecular flexibility index (Phi) is 5.38. The molecule has 1 aromatic carbocycles. The molecular weight excluding hydrogens is 511 g/mol. The molecule has 1 N–H and O–H groups in total. The molecule has 1 fully saturated rings. The highest BCUT2D eigenvalue weighted by Gasteiger charge is 2.38. The number of aromatic amines is 1. The number of likely N-dealkylation sites (N-methyl/N-ethyl adjacent to an activating group) is 1. The molecule has 5 aromatic rings. The third kappa shape index (κ3) is 3.72. The number of halogens is 2. The van der Waals surface area contributed by atoms with Crippen LogP contribution in [-0.4, -0.2) is 80.0 Å². The van der Waals surface area contributed by atoms with Gasteiger partial charge in [-0.3, -0.25) is 4.79 Å². The van der Waals surface area contributed by atoms with Crippen molar-refractivity contribution in [3.63, 3.8) is 0 Å². The standard InChI is InChI=1S/C26H24ClFN8O2/c1-33-6-8-34(9-7-33)21-13-36-20(11-17(21)27)16(12-31-36)26(37)35-5-4-18-23(30-14-29-18)24(35)25-32-19-10-15(28)2-3-22(19)38-25/h2-3,10-14,24H,4-9H2,1H3,(H,29,30)/t24-/m0/s1. The third-order valence-corrected chi connectivity index (χ3v) is 7.75. The van der Waals surface area contributed by atoms with Crippen LogP contribution in [0.15, 0.2) is 47.4 Å². The Morgan fingerprint density at radius 2 is 2.03 bits per heavy atom. The first-order valence-electron chi connectivity index (χ1n) is 12.5. The predicted molar refractivity (Wildman–Crippen MR) is 139 cm³/mol. The highest BCUT2D eigenvalue weighted by atomic mass is 35.5. The van der Waals surface area contributed by atoms with E-state index in [1.165, 1.54) is 18.2 Å². The van der Waals surface area contributed by atoms with E-state index in [1.807, 2.05) is 6.20 Å². The molecule has 2 aliphatic heterocycles. The van der Waals surface area contributed by atoms with Gasteiger partial charge in [0.1, 0.15) is 11.3 Å². The number of nitrogens with zero attached hydrogens (tertiary/aromatic N) is 7. The van der Waals surface area contributed by atoms with E-state index in [-0.39, 0.29) is 11.8 Å². The van der Waals surface area contributed by atoms with Crippen LogP contribution in [0.1, 0.15) is 33.7 Å². The van der Waals surface area contributed by atoms with E-state index in [9.17, 15) is 9.18 Å². The Morgan fingerprint density at radius 1 is 1.18 bits per heavy atom. The number of aromatic nitrogens is 5. The van der Waals surface area contributed by atoms with E-state index in [0.29, 0.717) is 45.9 Å². The topological polar surface area (TPSA) is 98.8 Å². The van der Waals surface area contributed by atoms with Gasteiger partial charge in [-0.25, -0.2) is 18.9 Å². The Morgan fingerprint density at radius 3 is 2.87 bits per heavy atom. The van der Waals surface area contributed by atoms with E-state index in [0.717, 1.165) is 37.6 Å². The van der Waals surface area contributed by atoms with Gasteiger partial charge in [0.2, 0.25) is 5.89 Å². The second-order valence-corrected chi connectivity index (χ2v) is 10.2. The van der Waals surface area contributed by atoms with Crippen molar-refractivity contribution in [1.82, 2.24) is 34.4 Å². The highest BCUT2D eigenvalue weighted by molar-refractivity contribution is 6.33. The Hall–Kier alpha value is -3.96. The van der Waals surface area contributed by atoms with Crippen molar-refractivity contribution in [2.75, 3.05) is 44.7 Å². The number of hydrogen-bond donors (Lipinski definition) is 1. The fourth-order valence-electron chi connectivity index (χ4n) is 5.37. The van der Waals surface area contributed by atoms with E-state index in [4.69, 9.17) is 16.0 Å². The summed E-state index contributed by atoms with van der Waals surface area (Å²) in [6.45, 7) is 4.04. The molecule has 12 heteroatoms. The van der Waals surface area contributed by atoms with Gasteiger partial charge in [0, 0.05) is 50.9 Å². The molecular formula is C26H24ClFN8O2. The first-order chi connectivity index (χ1) is 18.5. The molecule has 1 amide bonds. The maximum Gasteiger partial charge on any atom is 0.258 e. The van der Waals surface area contributed by atoms with Crippen molar-refractivity contribution >= 4 is 39.8 Å². The lowest BCUT2D eigenvalue weighted by Crippen LogP contribution is -2.44. The van der Waals surface area contributed by atoms with Crippen LogP contribution in [0.4, 0.5) is 10.1 Å². The Bertz CT molecular complexity index is 1690. The number of hydrogen-bond acceptors (Lipinski definition) is 7. The van der Waals surface area contributed by atoms with Crippen LogP contribution in [0, 0.1) is 5.82 Å². The monoisotopic (exact) mass is 534 g/mol. The molecule has 0 unspecified atom stereocenters. The normalized spacial score (nSPS) is 18.4. The number of benzene rings is 1. The molecule has 4 aromatic heterocycles. The molecule has 0 aliphatic carbocycles. The minimum absolute atomic E-state index is 0.240. The minimum atomic E-state index is -0.678. The Labute approximate surface area is 221 Å². The lowest BCUT2D eigenvalue weighted by Gasteiger charge is -2.34. The molecule has 194 valence electrons. The summed E-state index contributed by atoms with van der Waals surface area (Å²) in [5.74, 6) is -0.372. The van der Waals surface area contributed by atoms with Gasteiger partial charge in [0.25, 0.3) is 5.91 Å². The number of rotatable bonds is 3. The van der Waals surface area contributed by atoms with E-state index >= 15 is 0 Å². The second-order valence-electron chi connectivity index (χ2n) is 9.77. The first kappa shape index (κ1) is 23.2. The number of imidazole rings is 1. The number of H-pyrrole nitrogens is 1. The second kappa shape index (κ2) is 8.81. The summed E-state index contributed by atoms with van der Waals surface area (Å²) in [4.78, 5) is 32.4. The fourth-order valence-corrected chi connectivity index (χ4v) is 5.64. The molecule has 7 rings (SSSR count). The summed E-state index contributed by atoms with van der Waals surface area (Å²) >= 11 is 6.74. The number of oxazole rings is 1. The molecule has 1 atom stereocenters. The number of anilines is 1. The SMILES string of the molecule is CN1CCN(c2cn3ncc(C(=O)N4CCc5[nH]cnc5[C@H]4c4nc5cc(F)ccc5o4)c3cc2Cl)CC1. The number of fused-ring (bicyclic) bond motifs is 3. The summed E-state index contributed by atoms with van der Waals surface area (Å²) in [5, 5.41) is 5.07. The van der Waals surface area contributed by atoms with Gasteiger partial charge >= 0.3 is 0 Å². The number of pyridine rings is 1. The van der Waals surface area contributed by atoms with Gasteiger partial charge < -0.3 is 24.1 Å². The van der Waals surface area contributed by atoms with Crippen molar-refractivity contribution in [2.24, 2.45) is 0 Å². The largest absolute Gasteiger partial charge is 0.438 e. The van der Waals surface area contributed by atoms with Gasteiger partial charge in [0.05, 0.1) is 46.2 Å². The van der Waals surface area contributed by atoms with Crippen LogP contribution >= 0.6 is 11.6 Å². The molecule has 0 radical (unpaired) electrons. The number of piperazine rings is 1. The maximum atomic E-state index is 14.0. The quantitative estimate of drug-likeness (QED) is 0.378. The molecule has 38 heavy (non-hydrogen) atoms. The number of carbonyl (C=O) groups is 1. The van der Waals surface area contributed by atoms with Crippen LogP contribution in [0.5, 0.6) is 0 Å². The van der Waals surface area contributed by atoms with Crippen LogP contribution in [0.2, 0.25) is 5.02 Å². The molecule has 2 aliphatic rings. The predicted octanol–water partition coefficient (Wildman–Crippen LogP) is 3.53. The van der Waals surface area contributed by atoms with Crippen LogP contribution in [0.3, 0.4) is 0 Å². The van der Waals surface area contributed by atoms with E-state index in [2.05, 4.69) is 36.9 Å². The number of nitrogens with one attached hydrogen (secondary N) is 1. The summed E-state index contributed by atoms with van der Waals surface area (Å²) in [5.41, 5.74) is 4.32. The first-order valence-corrected chi connectivity index (χ1v) is 12.8. The summed E-state index contributed by atoms with van der Waals surface area (Å²) in [7, 11) is 2.10. The smallest absolute Gasteiger partial charge is 0.258 e. The van der Waals surface area contributed by atoms with Gasteiger partial charge in [-0.15, -0.1) is 0 Å². The van der Waals surface area contributed by atoms with E-state index in [1.54, 1.807) is 28.0 Å². The maximum absolute atomic E-state index is 14.0. The van der Waals surface area contributed by atoms with Crippen molar-refractivity contribution < 1.29 is 13.6 Å². The number of carbonyl (C=O) groups excluding carboxylic acids is 1. The summed E-state index contributed by atoms with van der Waals surface area (Å²) in [6.07, 6.45) is 5.65. The van der Waals surface area contributed by atoms with E-state index < -0.39 is 11.9 Å². The lowest BCUT2D eigenvalue weighted by atomic mass is 10.0. The van der Waals surface area contributed by atoms with Gasteiger partial charge in [-0.05, 0) is 25.2 Å². The van der Waals surface area contributed by atoms with Crippen molar-refractivity contribution in [3.8, 4) is 0 Å². The molecule has 6 heterocycles. The zero-order valence-corrected chi connectivity index (χ0v) is 21.3. The highest BCUT2D eigenvalue weighted by Crippen LogP contribution is 2.37. The lowest BCUT2D eigenvalue weighted by molar-refractivity contribution is 0.0669. The Balaban J connectivity index is 1.27. The minimum Gasteiger partial charge on any atom is -0.438 e. The molecule has 0 spiro atoms. The van der Waals surface area contributed by atoms with Crippen LogP contribution in [-0.2, 0) is 6.42 Å². The molecule has 0 bridgehead atoms.